The second kappa shape index (κ2) is 8.68. The molecule has 4 rings (SSSR count). The highest BCUT2D eigenvalue weighted by Crippen LogP contribution is 2.28. The molecule has 3 N–H and O–H groups in total. The largest absolute Gasteiger partial charge is 0.494 e. The number of aromatic amines is 1. The molecule has 2 aromatic carbocycles. The van der Waals surface area contributed by atoms with E-state index in [1.165, 1.54) is 12.1 Å². The van der Waals surface area contributed by atoms with Crippen LogP contribution in [0.15, 0.2) is 47.3 Å². The molecule has 7 nitrogen and oxygen atoms in total. The predicted octanol–water partition coefficient (Wildman–Crippen LogP) is 2.72. The van der Waals surface area contributed by atoms with Crippen molar-refractivity contribution in [3.8, 4) is 17.4 Å². The van der Waals surface area contributed by atoms with Crippen LogP contribution in [-0.4, -0.2) is 35.3 Å². The Morgan fingerprint density at radius 2 is 1.93 bits per heavy atom. The number of rotatable bonds is 6. The number of hydrogen-bond donors (Lipinski definition) is 3. The van der Waals surface area contributed by atoms with Crippen LogP contribution in [0.2, 0.25) is 0 Å². The molecule has 2 heterocycles. The highest BCUT2D eigenvalue weighted by Gasteiger charge is 2.19. The summed E-state index contributed by atoms with van der Waals surface area (Å²) in [4.78, 5) is 25.0. The fraction of sp³-hybridized carbons (Fsp3) is 0.238. The SMILES string of the molecule is O=C1COCC(Cc2ccc(Oc3ccc(Cc4sc(=O)[nH]c4O)cc3F)cc2)N1. The first-order valence-electron chi connectivity index (χ1n) is 9.29. The van der Waals surface area contributed by atoms with Crippen molar-refractivity contribution in [1.29, 1.82) is 0 Å². The fourth-order valence-electron chi connectivity index (χ4n) is 3.21. The lowest BCUT2D eigenvalue weighted by Crippen LogP contribution is -2.46. The van der Waals surface area contributed by atoms with Crippen LogP contribution in [0.4, 0.5) is 4.39 Å². The van der Waals surface area contributed by atoms with Crippen molar-refractivity contribution in [1.82, 2.24) is 10.3 Å². The molecule has 1 aromatic heterocycles. The maximum atomic E-state index is 14.5. The highest BCUT2D eigenvalue weighted by molar-refractivity contribution is 7.09. The number of morpholine rings is 1. The first kappa shape index (κ1) is 20.1. The van der Waals surface area contributed by atoms with Gasteiger partial charge in [-0.25, -0.2) is 4.39 Å². The van der Waals surface area contributed by atoms with Gasteiger partial charge in [-0.05, 0) is 41.8 Å². The number of H-pyrrole nitrogens is 1. The predicted molar refractivity (Wildman–Crippen MR) is 109 cm³/mol. The summed E-state index contributed by atoms with van der Waals surface area (Å²) >= 11 is 0.890. The summed E-state index contributed by atoms with van der Waals surface area (Å²) in [5.74, 6) is -0.293. The third-order valence-corrected chi connectivity index (χ3v) is 5.48. The number of carbonyl (C=O) groups is 1. The Kier molecular flexibility index (Phi) is 5.82. The quantitative estimate of drug-likeness (QED) is 0.558. The summed E-state index contributed by atoms with van der Waals surface area (Å²) < 4.78 is 25.3. The molecule has 0 saturated carbocycles. The highest BCUT2D eigenvalue weighted by atomic mass is 32.1. The molecule has 0 aliphatic carbocycles. The van der Waals surface area contributed by atoms with Crippen molar-refractivity contribution >= 4 is 17.2 Å². The van der Waals surface area contributed by atoms with Gasteiger partial charge in [0, 0.05) is 6.42 Å². The molecule has 1 fully saturated rings. The maximum Gasteiger partial charge on any atom is 0.307 e. The number of aromatic nitrogens is 1. The van der Waals surface area contributed by atoms with E-state index >= 15 is 0 Å². The van der Waals surface area contributed by atoms with Gasteiger partial charge in [0.2, 0.25) is 11.8 Å². The fourth-order valence-corrected chi connectivity index (χ4v) is 3.97. The van der Waals surface area contributed by atoms with Crippen molar-refractivity contribution in [2.24, 2.45) is 0 Å². The molecule has 0 bridgehead atoms. The van der Waals surface area contributed by atoms with E-state index in [1.54, 1.807) is 18.2 Å². The van der Waals surface area contributed by atoms with Crippen LogP contribution >= 0.6 is 11.3 Å². The lowest BCUT2D eigenvalue weighted by molar-refractivity contribution is -0.131. The molecule has 1 unspecified atom stereocenters. The Hall–Kier alpha value is -3.17. The lowest BCUT2D eigenvalue weighted by Gasteiger charge is -2.23. The van der Waals surface area contributed by atoms with Crippen molar-refractivity contribution in [2.45, 2.75) is 18.9 Å². The minimum Gasteiger partial charge on any atom is -0.494 e. The normalized spacial score (nSPS) is 16.3. The molecule has 156 valence electrons. The summed E-state index contributed by atoms with van der Waals surface area (Å²) in [6.07, 6.45) is 0.871. The molecule has 0 radical (unpaired) electrons. The summed E-state index contributed by atoms with van der Waals surface area (Å²) in [6, 6.07) is 11.6. The van der Waals surface area contributed by atoms with Gasteiger partial charge in [0.15, 0.2) is 11.6 Å². The van der Waals surface area contributed by atoms with Crippen LogP contribution in [0.1, 0.15) is 16.0 Å². The molecule has 0 spiro atoms. The number of nitrogens with one attached hydrogen (secondary N) is 2. The number of thiazole rings is 1. The number of halogens is 1. The van der Waals surface area contributed by atoms with Crippen molar-refractivity contribution < 1.29 is 23.8 Å². The molecule has 1 aliphatic rings. The topological polar surface area (TPSA) is 101 Å². The van der Waals surface area contributed by atoms with Gasteiger partial charge >= 0.3 is 4.87 Å². The molecular weight excluding hydrogens is 411 g/mol. The van der Waals surface area contributed by atoms with Gasteiger partial charge in [0.1, 0.15) is 12.4 Å². The first-order valence-corrected chi connectivity index (χ1v) is 10.1. The van der Waals surface area contributed by atoms with Gasteiger partial charge in [-0.1, -0.05) is 29.5 Å². The van der Waals surface area contributed by atoms with E-state index in [2.05, 4.69) is 10.3 Å². The minimum atomic E-state index is -0.541. The molecule has 9 heteroatoms. The molecule has 1 aliphatic heterocycles. The zero-order valence-corrected chi connectivity index (χ0v) is 16.6. The molecule has 1 saturated heterocycles. The van der Waals surface area contributed by atoms with E-state index in [4.69, 9.17) is 9.47 Å². The molecule has 1 atom stereocenters. The summed E-state index contributed by atoms with van der Waals surface area (Å²) in [5, 5.41) is 12.5. The van der Waals surface area contributed by atoms with Crippen LogP contribution in [-0.2, 0) is 22.4 Å². The van der Waals surface area contributed by atoms with E-state index in [0.717, 1.165) is 16.9 Å². The minimum absolute atomic E-state index is 0.0684. The average molecular weight is 430 g/mol. The standard InChI is InChI=1S/C21H19FN2O5S/c22-16-8-13(9-18-20(26)24-21(27)30-18)3-6-17(16)29-15-4-1-12(2-5-15)7-14-10-28-11-19(25)23-14/h1-6,8,14,26H,7,9-11H2,(H,23,25)(H,24,27). The summed E-state index contributed by atoms with van der Waals surface area (Å²) in [5.41, 5.74) is 1.61. The van der Waals surface area contributed by atoms with Gasteiger partial charge in [0.05, 0.1) is 17.5 Å². The van der Waals surface area contributed by atoms with E-state index in [0.29, 0.717) is 29.2 Å². The van der Waals surface area contributed by atoms with Gasteiger partial charge in [-0.15, -0.1) is 0 Å². The lowest BCUT2D eigenvalue weighted by atomic mass is 10.1. The van der Waals surface area contributed by atoms with E-state index in [-0.39, 0.29) is 41.5 Å². The number of aromatic hydroxyl groups is 1. The molecule has 30 heavy (non-hydrogen) atoms. The van der Waals surface area contributed by atoms with E-state index in [1.807, 2.05) is 12.1 Å². The van der Waals surface area contributed by atoms with E-state index in [9.17, 15) is 19.1 Å². The average Bonchev–Trinajstić information content (AvgIpc) is 3.02. The Bertz CT molecular complexity index is 1110. The van der Waals surface area contributed by atoms with Crippen LogP contribution in [0.5, 0.6) is 17.4 Å². The zero-order valence-electron chi connectivity index (χ0n) is 15.8. The molecular formula is C21H19FN2O5S. The first-order chi connectivity index (χ1) is 14.5. The third-order valence-electron chi connectivity index (χ3n) is 4.61. The van der Waals surface area contributed by atoms with Crippen LogP contribution in [0.25, 0.3) is 0 Å². The number of ether oxygens (including phenoxy) is 2. The van der Waals surface area contributed by atoms with Crippen molar-refractivity contribution in [2.75, 3.05) is 13.2 Å². The molecule has 3 aromatic rings. The van der Waals surface area contributed by atoms with E-state index < -0.39 is 5.82 Å². The van der Waals surface area contributed by atoms with Crippen molar-refractivity contribution in [3.05, 3.63) is 74.0 Å². The summed E-state index contributed by atoms with van der Waals surface area (Å²) in [7, 11) is 0. The second-order valence-electron chi connectivity index (χ2n) is 6.96. The Balaban J connectivity index is 1.39. The number of benzene rings is 2. The van der Waals surface area contributed by atoms with Crippen LogP contribution in [0.3, 0.4) is 0 Å². The maximum absolute atomic E-state index is 14.5. The number of hydrogen-bond acceptors (Lipinski definition) is 6. The Morgan fingerprint density at radius 1 is 1.17 bits per heavy atom. The van der Waals surface area contributed by atoms with Crippen LogP contribution in [0, 0.1) is 5.82 Å². The van der Waals surface area contributed by atoms with Gasteiger partial charge in [0.25, 0.3) is 0 Å². The van der Waals surface area contributed by atoms with Gasteiger partial charge in [-0.3, -0.25) is 14.6 Å². The van der Waals surface area contributed by atoms with Gasteiger partial charge in [-0.2, -0.15) is 0 Å². The summed E-state index contributed by atoms with van der Waals surface area (Å²) in [6.45, 7) is 0.569. The second-order valence-corrected chi connectivity index (χ2v) is 8.03. The van der Waals surface area contributed by atoms with Crippen LogP contribution < -0.4 is 14.9 Å². The Morgan fingerprint density at radius 3 is 2.60 bits per heavy atom. The van der Waals surface area contributed by atoms with Crippen molar-refractivity contribution in [3.63, 3.8) is 0 Å². The number of amides is 1. The monoisotopic (exact) mass is 430 g/mol. The third kappa shape index (κ3) is 4.87. The molecule has 1 amide bonds. The number of carbonyl (C=O) groups excluding carboxylic acids is 1. The zero-order chi connectivity index (χ0) is 21.1. The smallest absolute Gasteiger partial charge is 0.307 e. The van der Waals surface area contributed by atoms with Gasteiger partial charge < -0.3 is 19.9 Å². The Labute approximate surface area is 175 Å².